The summed E-state index contributed by atoms with van der Waals surface area (Å²) in [7, 11) is 0. The Kier molecular flexibility index (Phi) is 4.10. The lowest BCUT2D eigenvalue weighted by Gasteiger charge is -2.02. The van der Waals surface area contributed by atoms with Crippen LogP contribution < -0.4 is 0 Å². The van der Waals surface area contributed by atoms with Gasteiger partial charge in [-0.15, -0.1) is 11.3 Å². The molecule has 2 heteroatoms. The number of rotatable bonds is 5. The van der Waals surface area contributed by atoms with Crippen molar-refractivity contribution in [3.8, 4) is 0 Å². The maximum Gasteiger partial charge on any atom is 0.138 e. The number of ketones is 1. The second kappa shape index (κ2) is 5.78. The van der Waals surface area contributed by atoms with E-state index in [1.54, 1.807) is 11.3 Å². The van der Waals surface area contributed by atoms with E-state index in [2.05, 4.69) is 31.2 Å². The molecule has 0 spiro atoms. The largest absolute Gasteiger partial charge is 0.299 e. The van der Waals surface area contributed by atoms with Crippen LogP contribution in [0.15, 0.2) is 41.8 Å². The Bertz CT molecular complexity index is 485. The van der Waals surface area contributed by atoms with Crippen molar-refractivity contribution in [1.82, 2.24) is 0 Å². The predicted octanol–water partition coefficient (Wildman–Crippen LogP) is 3.80. The minimum Gasteiger partial charge on any atom is -0.299 e. The van der Waals surface area contributed by atoms with E-state index < -0.39 is 0 Å². The molecule has 1 heterocycles. The molecule has 0 aliphatic rings. The average Bonchev–Trinajstić information content (AvgIpc) is 2.79. The molecule has 0 atom stereocenters. The van der Waals surface area contributed by atoms with Crippen LogP contribution in [0.3, 0.4) is 0 Å². The molecule has 0 saturated heterocycles. The zero-order chi connectivity index (χ0) is 12.1. The highest BCUT2D eigenvalue weighted by atomic mass is 32.1. The molecular formula is C15H16OS. The molecule has 0 aliphatic carbocycles. The molecular weight excluding hydrogens is 228 g/mol. The summed E-state index contributed by atoms with van der Waals surface area (Å²) in [5, 5.41) is 2.02. The van der Waals surface area contributed by atoms with Gasteiger partial charge in [-0.25, -0.2) is 0 Å². The Balaban J connectivity index is 1.84. The fraction of sp³-hybridized carbons (Fsp3) is 0.267. The van der Waals surface area contributed by atoms with Crippen molar-refractivity contribution < 1.29 is 4.79 Å². The van der Waals surface area contributed by atoms with E-state index >= 15 is 0 Å². The van der Waals surface area contributed by atoms with Crippen LogP contribution in [0.4, 0.5) is 0 Å². The fourth-order valence-electron chi connectivity index (χ4n) is 1.85. The van der Waals surface area contributed by atoms with Crippen LogP contribution in [-0.4, -0.2) is 5.78 Å². The second-order valence-electron chi connectivity index (χ2n) is 4.28. The van der Waals surface area contributed by atoms with E-state index in [1.165, 1.54) is 16.0 Å². The molecule has 0 saturated carbocycles. The molecule has 0 amide bonds. The molecule has 0 fully saturated rings. The van der Waals surface area contributed by atoms with Gasteiger partial charge in [0.2, 0.25) is 0 Å². The molecule has 0 bridgehead atoms. The number of hydrogen-bond acceptors (Lipinski definition) is 2. The third-order valence-electron chi connectivity index (χ3n) is 2.73. The van der Waals surface area contributed by atoms with Crippen molar-refractivity contribution in [2.45, 2.75) is 26.2 Å². The summed E-state index contributed by atoms with van der Waals surface area (Å²) in [5.41, 5.74) is 2.51. The third kappa shape index (κ3) is 3.82. The lowest BCUT2D eigenvalue weighted by atomic mass is 10.0. The average molecular weight is 244 g/mol. The number of carbonyl (C=O) groups excluding carboxylic acids is 1. The van der Waals surface area contributed by atoms with Crippen molar-refractivity contribution >= 4 is 17.1 Å². The van der Waals surface area contributed by atoms with Crippen LogP contribution in [0.2, 0.25) is 0 Å². The first-order valence-electron chi connectivity index (χ1n) is 5.83. The molecule has 0 N–H and O–H groups in total. The quantitative estimate of drug-likeness (QED) is 0.782. The van der Waals surface area contributed by atoms with E-state index in [0.717, 1.165) is 6.42 Å². The summed E-state index contributed by atoms with van der Waals surface area (Å²) in [6, 6.07) is 12.4. The predicted molar refractivity (Wildman–Crippen MR) is 72.5 cm³/mol. The summed E-state index contributed by atoms with van der Waals surface area (Å²) >= 11 is 1.65. The number of aryl methyl sites for hydroxylation is 2. The van der Waals surface area contributed by atoms with Gasteiger partial charge in [0.05, 0.1) is 0 Å². The lowest BCUT2D eigenvalue weighted by molar-refractivity contribution is -0.118. The number of Topliss-reactive ketones (excluding diaryl/α,β-unsaturated/α-hetero) is 1. The summed E-state index contributed by atoms with van der Waals surface area (Å²) in [5.74, 6) is 0.328. The van der Waals surface area contributed by atoms with Crippen LogP contribution in [0, 0.1) is 6.92 Å². The third-order valence-corrected chi connectivity index (χ3v) is 3.60. The van der Waals surface area contributed by atoms with E-state index in [-0.39, 0.29) is 0 Å². The minimum absolute atomic E-state index is 0.328. The summed E-state index contributed by atoms with van der Waals surface area (Å²) < 4.78 is 0. The van der Waals surface area contributed by atoms with Gasteiger partial charge >= 0.3 is 0 Å². The monoisotopic (exact) mass is 244 g/mol. The van der Waals surface area contributed by atoms with Crippen molar-refractivity contribution in [3.05, 3.63) is 57.8 Å². The maximum atomic E-state index is 11.8. The number of carbonyl (C=O) groups is 1. The van der Waals surface area contributed by atoms with Gasteiger partial charge in [0.1, 0.15) is 5.78 Å². The number of hydrogen-bond donors (Lipinski definition) is 0. The molecule has 0 aliphatic heterocycles. The normalized spacial score (nSPS) is 10.4. The van der Waals surface area contributed by atoms with Crippen LogP contribution in [0.5, 0.6) is 0 Å². The maximum absolute atomic E-state index is 11.8. The van der Waals surface area contributed by atoms with E-state index in [1.807, 2.05) is 17.5 Å². The van der Waals surface area contributed by atoms with Crippen LogP contribution in [-0.2, 0) is 17.6 Å². The molecule has 17 heavy (non-hydrogen) atoms. The minimum atomic E-state index is 0.328. The molecule has 0 radical (unpaired) electrons. The van der Waals surface area contributed by atoms with E-state index in [4.69, 9.17) is 0 Å². The standard InChI is InChI=1S/C15H16OS/c1-12-4-2-5-13(10-12)7-8-14(16)11-15-6-3-9-17-15/h2-6,9-10H,7-8,11H2,1H3. The Labute approximate surface area is 106 Å². The van der Waals surface area contributed by atoms with Crippen molar-refractivity contribution in [3.63, 3.8) is 0 Å². The van der Waals surface area contributed by atoms with Crippen LogP contribution in [0.25, 0.3) is 0 Å². The zero-order valence-corrected chi connectivity index (χ0v) is 10.8. The SMILES string of the molecule is Cc1cccc(CCC(=O)Cc2cccs2)c1. The first-order chi connectivity index (χ1) is 8.24. The Morgan fingerprint density at radius 3 is 2.82 bits per heavy atom. The number of thiophene rings is 1. The highest BCUT2D eigenvalue weighted by Crippen LogP contribution is 2.12. The number of benzene rings is 1. The van der Waals surface area contributed by atoms with Crippen LogP contribution in [0.1, 0.15) is 22.4 Å². The Hall–Kier alpha value is -1.41. The molecule has 1 aromatic carbocycles. The van der Waals surface area contributed by atoms with Gasteiger partial charge in [-0.3, -0.25) is 4.79 Å². The van der Waals surface area contributed by atoms with E-state index in [9.17, 15) is 4.79 Å². The molecule has 1 nitrogen and oxygen atoms in total. The highest BCUT2D eigenvalue weighted by molar-refractivity contribution is 7.10. The van der Waals surface area contributed by atoms with Crippen molar-refractivity contribution in [2.24, 2.45) is 0 Å². The summed E-state index contributed by atoms with van der Waals surface area (Å²) in [6.45, 7) is 2.08. The molecule has 2 aromatic rings. The molecule has 88 valence electrons. The molecule has 2 rings (SSSR count). The first kappa shape index (κ1) is 12.1. The topological polar surface area (TPSA) is 17.1 Å². The lowest BCUT2D eigenvalue weighted by Crippen LogP contribution is -2.03. The van der Waals surface area contributed by atoms with Crippen molar-refractivity contribution in [1.29, 1.82) is 0 Å². The van der Waals surface area contributed by atoms with Crippen molar-refractivity contribution in [2.75, 3.05) is 0 Å². The van der Waals surface area contributed by atoms with Gasteiger partial charge in [0.15, 0.2) is 0 Å². The van der Waals surface area contributed by atoms with Gasteiger partial charge in [0.25, 0.3) is 0 Å². The van der Waals surface area contributed by atoms with Crippen LogP contribution >= 0.6 is 11.3 Å². The van der Waals surface area contributed by atoms with Gasteiger partial charge in [-0.2, -0.15) is 0 Å². The van der Waals surface area contributed by atoms with E-state index in [0.29, 0.717) is 18.6 Å². The van der Waals surface area contributed by atoms with Gasteiger partial charge in [0, 0.05) is 17.7 Å². The Morgan fingerprint density at radius 1 is 1.24 bits per heavy atom. The summed E-state index contributed by atoms with van der Waals surface area (Å²) in [4.78, 5) is 12.9. The molecule has 0 unspecified atom stereocenters. The highest BCUT2D eigenvalue weighted by Gasteiger charge is 2.05. The Morgan fingerprint density at radius 2 is 2.12 bits per heavy atom. The van der Waals surface area contributed by atoms with Gasteiger partial charge in [-0.1, -0.05) is 35.9 Å². The molecule has 1 aromatic heterocycles. The summed E-state index contributed by atoms with van der Waals surface area (Å²) in [6.07, 6.45) is 2.08. The van der Waals surface area contributed by atoms with Gasteiger partial charge < -0.3 is 0 Å². The second-order valence-corrected chi connectivity index (χ2v) is 5.32. The van der Waals surface area contributed by atoms with Gasteiger partial charge in [-0.05, 0) is 30.4 Å². The smallest absolute Gasteiger partial charge is 0.138 e. The zero-order valence-electron chi connectivity index (χ0n) is 9.98. The fourth-order valence-corrected chi connectivity index (χ4v) is 2.58. The first-order valence-corrected chi connectivity index (χ1v) is 6.71.